The Balaban J connectivity index is 1.61. The lowest BCUT2D eigenvalue weighted by Gasteiger charge is -2.41. The second kappa shape index (κ2) is 11.4. The van der Waals surface area contributed by atoms with Crippen LogP contribution in [0.1, 0.15) is 30.4 Å². The molecule has 2 aromatic carbocycles. The lowest BCUT2D eigenvalue weighted by molar-refractivity contribution is -0.207. The van der Waals surface area contributed by atoms with Crippen molar-refractivity contribution in [2.45, 2.75) is 49.6 Å². The van der Waals surface area contributed by atoms with E-state index in [2.05, 4.69) is 0 Å². The van der Waals surface area contributed by atoms with Crippen LogP contribution >= 0.6 is 11.6 Å². The van der Waals surface area contributed by atoms with Crippen molar-refractivity contribution < 1.29 is 34.4 Å². The molecule has 0 heterocycles. The molecule has 0 aliphatic heterocycles. The van der Waals surface area contributed by atoms with Crippen LogP contribution < -0.4 is 0 Å². The number of aliphatic carboxylic acids is 1. The molecule has 1 aliphatic carbocycles. The first-order chi connectivity index (χ1) is 15.8. The number of carboxylic acids is 1. The number of carbonyl (C=O) groups is 2. The van der Waals surface area contributed by atoms with Gasteiger partial charge in [-0.15, -0.1) is 0 Å². The third-order valence-electron chi connectivity index (χ3n) is 5.62. The Bertz CT molecular complexity index is 960. The van der Waals surface area contributed by atoms with Gasteiger partial charge < -0.3 is 24.8 Å². The highest BCUT2D eigenvalue weighted by molar-refractivity contribution is 6.30. The number of esters is 1. The van der Waals surface area contributed by atoms with Crippen molar-refractivity contribution in [2.24, 2.45) is 0 Å². The number of benzene rings is 2. The van der Waals surface area contributed by atoms with Gasteiger partial charge in [-0.1, -0.05) is 54.1 Å². The third kappa shape index (κ3) is 6.88. The van der Waals surface area contributed by atoms with E-state index in [4.69, 9.17) is 21.1 Å². The zero-order valence-corrected chi connectivity index (χ0v) is 18.7. The first-order valence-corrected chi connectivity index (χ1v) is 11.1. The zero-order chi connectivity index (χ0) is 23.8. The van der Waals surface area contributed by atoms with Crippen molar-refractivity contribution in [3.05, 3.63) is 76.8 Å². The second-order valence-electron chi connectivity index (χ2n) is 8.06. The minimum absolute atomic E-state index is 0.117. The summed E-state index contributed by atoms with van der Waals surface area (Å²) in [6, 6.07) is 16.4. The first-order valence-electron chi connectivity index (χ1n) is 10.7. The molecule has 0 amide bonds. The average molecular weight is 475 g/mol. The number of aliphatic hydroxyl groups is 2. The predicted octanol–water partition coefficient (Wildman–Crippen LogP) is 3.25. The fourth-order valence-corrected chi connectivity index (χ4v) is 3.94. The van der Waals surface area contributed by atoms with E-state index in [0.717, 1.165) is 11.1 Å². The van der Waals surface area contributed by atoms with Gasteiger partial charge in [0.05, 0.1) is 6.10 Å². The second-order valence-corrected chi connectivity index (χ2v) is 8.50. The van der Waals surface area contributed by atoms with Crippen LogP contribution in [0.5, 0.6) is 0 Å². The van der Waals surface area contributed by atoms with Crippen LogP contribution in [-0.2, 0) is 25.5 Å². The van der Waals surface area contributed by atoms with Crippen molar-refractivity contribution in [1.82, 2.24) is 0 Å². The van der Waals surface area contributed by atoms with Crippen LogP contribution in [0, 0.1) is 0 Å². The fourth-order valence-electron chi connectivity index (χ4n) is 3.81. The van der Waals surface area contributed by atoms with Crippen LogP contribution in [0.15, 0.2) is 60.7 Å². The van der Waals surface area contributed by atoms with Crippen LogP contribution in [0.2, 0.25) is 5.02 Å². The third-order valence-corrected chi connectivity index (χ3v) is 5.87. The summed E-state index contributed by atoms with van der Waals surface area (Å²) in [6.07, 6.45) is -0.699. The van der Waals surface area contributed by atoms with E-state index in [9.17, 15) is 24.9 Å². The summed E-state index contributed by atoms with van der Waals surface area (Å²) in [5.41, 5.74) is 0.0401. The number of aliphatic hydroxyl groups excluding tert-OH is 2. The Morgan fingerprint density at radius 2 is 1.76 bits per heavy atom. The normalized spacial score (nSPS) is 25.1. The molecule has 1 aliphatic rings. The molecule has 1 fully saturated rings. The van der Waals surface area contributed by atoms with Crippen molar-refractivity contribution >= 4 is 29.6 Å². The summed E-state index contributed by atoms with van der Waals surface area (Å²) in [6.45, 7) is 0.117. The molecule has 8 heteroatoms. The molecule has 0 aromatic heterocycles. The van der Waals surface area contributed by atoms with Crippen molar-refractivity contribution in [3.63, 3.8) is 0 Å². The van der Waals surface area contributed by atoms with Gasteiger partial charge in [0.15, 0.2) is 5.60 Å². The Morgan fingerprint density at radius 1 is 1.06 bits per heavy atom. The Labute approximate surface area is 197 Å². The van der Waals surface area contributed by atoms with Gasteiger partial charge in [-0.2, -0.15) is 0 Å². The first kappa shape index (κ1) is 24.9. The summed E-state index contributed by atoms with van der Waals surface area (Å²) in [5, 5.41) is 31.1. The molecule has 0 saturated heterocycles. The number of rotatable bonds is 9. The smallest absolute Gasteiger partial charge is 0.336 e. The maximum atomic E-state index is 12.3. The van der Waals surface area contributed by atoms with Gasteiger partial charge in [-0.05, 0) is 42.2 Å². The highest BCUT2D eigenvalue weighted by Crippen LogP contribution is 2.35. The SMILES string of the molecule is O=C(C=Cc1ccccc1)O[C@@H]1C[C@](OCCCc2ccc(Cl)cc2)(C(=O)O)C[C@H](O)[C@H]1O. The summed E-state index contributed by atoms with van der Waals surface area (Å²) in [4.78, 5) is 24.3. The molecule has 0 unspecified atom stereocenters. The standard InChI is InChI=1S/C25H27ClO7/c26-19-11-8-18(9-12-19)7-4-14-32-25(24(30)31)15-20(27)23(29)21(16-25)33-22(28)13-10-17-5-2-1-3-6-17/h1-3,5-6,8-13,20-21,23,27,29H,4,7,14-16H2,(H,30,31)/t20-,21+,23+,25-/m0/s1. The van der Waals surface area contributed by atoms with Gasteiger partial charge in [-0.3, -0.25) is 0 Å². The Hall–Kier alpha value is -2.71. The molecular formula is C25H27ClO7. The van der Waals surface area contributed by atoms with Crippen molar-refractivity contribution in [1.29, 1.82) is 0 Å². The van der Waals surface area contributed by atoms with E-state index in [-0.39, 0.29) is 19.4 Å². The fraction of sp³-hybridized carbons (Fsp3) is 0.360. The molecular weight excluding hydrogens is 448 g/mol. The summed E-state index contributed by atoms with van der Waals surface area (Å²) in [7, 11) is 0. The van der Waals surface area contributed by atoms with E-state index >= 15 is 0 Å². The van der Waals surface area contributed by atoms with Gasteiger partial charge in [0, 0.05) is 30.5 Å². The molecule has 0 bridgehead atoms. The molecule has 33 heavy (non-hydrogen) atoms. The highest BCUT2D eigenvalue weighted by atomic mass is 35.5. The van der Waals surface area contributed by atoms with E-state index in [0.29, 0.717) is 17.9 Å². The van der Waals surface area contributed by atoms with Crippen molar-refractivity contribution in [2.75, 3.05) is 6.61 Å². The lowest BCUT2D eigenvalue weighted by Crippen LogP contribution is -2.58. The van der Waals surface area contributed by atoms with E-state index < -0.39 is 35.9 Å². The summed E-state index contributed by atoms with van der Waals surface area (Å²) in [5.74, 6) is -2.03. The van der Waals surface area contributed by atoms with E-state index in [1.54, 1.807) is 30.3 Å². The largest absolute Gasteiger partial charge is 0.479 e. The van der Waals surface area contributed by atoms with Gasteiger partial charge in [0.25, 0.3) is 0 Å². The van der Waals surface area contributed by atoms with Crippen molar-refractivity contribution in [3.8, 4) is 0 Å². The molecule has 4 atom stereocenters. The highest BCUT2D eigenvalue weighted by Gasteiger charge is 2.52. The molecule has 1 saturated carbocycles. The maximum Gasteiger partial charge on any atom is 0.336 e. The number of hydrogen-bond donors (Lipinski definition) is 3. The molecule has 0 spiro atoms. The topological polar surface area (TPSA) is 113 Å². The minimum atomic E-state index is -1.77. The number of carboxylic acid groups (broad SMARTS) is 1. The van der Waals surface area contributed by atoms with Gasteiger partial charge in [0.1, 0.15) is 12.2 Å². The number of aryl methyl sites for hydroxylation is 1. The van der Waals surface area contributed by atoms with E-state index in [1.807, 2.05) is 30.3 Å². The molecule has 7 nitrogen and oxygen atoms in total. The summed E-state index contributed by atoms with van der Waals surface area (Å²) < 4.78 is 11.0. The molecule has 3 N–H and O–H groups in total. The van der Waals surface area contributed by atoms with Crippen LogP contribution in [0.4, 0.5) is 0 Å². The number of carbonyl (C=O) groups excluding carboxylic acids is 1. The van der Waals surface area contributed by atoms with Crippen LogP contribution in [0.3, 0.4) is 0 Å². The number of hydrogen-bond acceptors (Lipinski definition) is 6. The van der Waals surface area contributed by atoms with Crippen LogP contribution in [0.25, 0.3) is 6.08 Å². The lowest BCUT2D eigenvalue weighted by atomic mass is 9.79. The maximum absolute atomic E-state index is 12.3. The van der Waals surface area contributed by atoms with Gasteiger partial charge in [-0.25, -0.2) is 9.59 Å². The number of halogens is 1. The van der Waals surface area contributed by atoms with Crippen LogP contribution in [-0.4, -0.2) is 57.8 Å². The minimum Gasteiger partial charge on any atom is -0.479 e. The molecule has 3 rings (SSSR count). The summed E-state index contributed by atoms with van der Waals surface area (Å²) >= 11 is 5.88. The predicted molar refractivity (Wildman–Crippen MR) is 123 cm³/mol. The molecule has 176 valence electrons. The Kier molecular flexibility index (Phi) is 8.63. The van der Waals surface area contributed by atoms with E-state index in [1.165, 1.54) is 6.08 Å². The average Bonchev–Trinajstić information content (AvgIpc) is 2.80. The monoisotopic (exact) mass is 474 g/mol. The quantitative estimate of drug-likeness (QED) is 0.290. The van der Waals surface area contributed by atoms with Gasteiger partial charge in [0.2, 0.25) is 0 Å². The zero-order valence-electron chi connectivity index (χ0n) is 18.0. The Morgan fingerprint density at radius 3 is 2.42 bits per heavy atom. The molecule has 2 aromatic rings. The number of ether oxygens (including phenoxy) is 2. The van der Waals surface area contributed by atoms with Gasteiger partial charge >= 0.3 is 11.9 Å². The molecule has 0 radical (unpaired) electrons.